The lowest BCUT2D eigenvalue weighted by molar-refractivity contribution is -0.143. The van der Waals surface area contributed by atoms with Crippen molar-refractivity contribution in [3.63, 3.8) is 0 Å². The zero-order chi connectivity index (χ0) is 12.1. The van der Waals surface area contributed by atoms with Gasteiger partial charge in [-0.05, 0) is 22.9 Å². The van der Waals surface area contributed by atoms with E-state index in [9.17, 15) is 9.18 Å². The van der Waals surface area contributed by atoms with Crippen LogP contribution in [0.2, 0.25) is 0 Å². The quantitative estimate of drug-likeness (QED) is 0.681. The highest BCUT2D eigenvalue weighted by atomic mass is 79.9. The Morgan fingerprint density at radius 3 is 3.00 bits per heavy atom. The maximum Gasteiger partial charge on any atom is 0.306 e. The van der Waals surface area contributed by atoms with Gasteiger partial charge in [-0.1, -0.05) is 0 Å². The zero-order valence-electron chi connectivity index (χ0n) is 8.80. The van der Waals surface area contributed by atoms with Crippen LogP contribution in [0.1, 0.15) is 19.0 Å². The fourth-order valence-electron chi connectivity index (χ4n) is 1.17. The van der Waals surface area contributed by atoms with Crippen molar-refractivity contribution in [2.24, 2.45) is 0 Å². The van der Waals surface area contributed by atoms with Gasteiger partial charge < -0.3 is 10.5 Å². The van der Waals surface area contributed by atoms with Gasteiger partial charge in [0.2, 0.25) is 0 Å². The first-order chi connectivity index (χ1) is 7.54. The number of nitrogen functional groups attached to an aromatic ring is 1. The van der Waals surface area contributed by atoms with E-state index in [0.29, 0.717) is 18.7 Å². The van der Waals surface area contributed by atoms with E-state index >= 15 is 0 Å². The number of esters is 1. The van der Waals surface area contributed by atoms with Crippen LogP contribution in [-0.4, -0.2) is 17.6 Å². The van der Waals surface area contributed by atoms with Crippen molar-refractivity contribution in [2.75, 3.05) is 12.3 Å². The summed E-state index contributed by atoms with van der Waals surface area (Å²) in [6.45, 7) is 2.08. The summed E-state index contributed by atoms with van der Waals surface area (Å²) >= 11 is 2.96. The lowest BCUT2D eigenvalue weighted by atomic mass is 10.2. The Labute approximate surface area is 101 Å². The molecule has 16 heavy (non-hydrogen) atoms. The molecule has 1 rings (SSSR count). The number of rotatable bonds is 4. The summed E-state index contributed by atoms with van der Waals surface area (Å²) < 4.78 is 17.9. The molecule has 6 heteroatoms. The second-order valence-electron chi connectivity index (χ2n) is 3.10. The van der Waals surface area contributed by atoms with Crippen LogP contribution in [0.25, 0.3) is 0 Å². The summed E-state index contributed by atoms with van der Waals surface area (Å²) in [6, 6.07) is 1.18. The summed E-state index contributed by atoms with van der Waals surface area (Å²) in [6.07, 6.45) is 0.520. The molecule has 2 N–H and O–H groups in total. The van der Waals surface area contributed by atoms with Gasteiger partial charge in [0.25, 0.3) is 0 Å². The molecule has 1 aromatic rings. The van der Waals surface area contributed by atoms with E-state index in [1.807, 2.05) is 0 Å². The summed E-state index contributed by atoms with van der Waals surface area (Å²) in [4.78, 5) is 15.0. The van der Waals surface area contributed by atoms with Crippen molar-refractivity contribution in [1.82, 2.24) is 4.98 Å². The van der Waals surface area contributed by atoms with Gasteiger partial charge in [-0.15, -0.1) is 0 Å². The molecule has 0 aliphatic rings. The van der Waals surface area contributed by atoms with Gasteiger partial charge in [0.1, 0.15) is 4.60 Å². The van der Waals surface area contributed by atoms with Crippen LogP contribution in [0.15, 0.2) is 10.7 Å². The van der Waals surface area contributed by atoms with Crippen molar-refractivity contribution >= 4 is 27.6 Å². The van der Waals surface area contributed by atoms with Gasteiger partial charge in [-0.25, -0.2) is 9.37 Å². The lowest BCUT2D eigenvalue weighted by Crippen LogP contribution is -2.08. The molecule has 1 heterocycles. The van der Waals surface area contributed by atoms with E-state index in [0.717, 1.165) is 0 Å². The van der Waals surface area contributed by atoms with Gasteiger partial charge in [-0.3, -0.25) is 4.79 Å². The van der Waals surface area contributed by atoms with Crippen LogP contribution in [0.4, 0.5) is 10.1 Å². The molecule has 0 spiro atoms. The van der Waals surface area contributed by atoms with Crippen molar-refractivity contribution in [2.45, 2.75) is 19.8 Å². The third kappa shape index (κ3) is 3.44. The molecular formula is C10H12BrFN2O2. The maximum absolute atomic E-state index is 13.0. The molecule has 0 aliphatic heterocycles. The van der Waals surface area contributed by atoms with Crippen molar-refractivity contribution in [3.8, 4) is 0 Å². The molecule has 88 valence electrons. The number of carbonyl (C=O) groups excluding carboxylic acids is 1. The van der Waals surface area contributed by atoms with Gasteiger partial charge in [0.05, 0.1) is 24.4 Å². The second kappa shape index (κ2) is 5.79. The molecule has 0 saturated heterocycles. The van der Waals surface area contributed by atoms with Crippen LogP contribution >= 0.6 is 15.9 Å². The van der Waals surface area contributed by atoms with E-state index in [1.54, 1.807) is 6.92 Å². The summed E-state index contributed by atoms with van der Waals surface area (Å²) in [5.74, 6) is -0.832. The number of aromatic nitrogens is 1. The Hall–Kier alpha value is -1.17. The molecule has 0 amide bonds. The second-order valence-corrected chi connectivity index (χ2v) is 3.85. The minimum absolute atomic E-state index is 0.0977. The highest BCUT2D eigenvalue weighted by Crippen LogP contribution is 2.19. The lowest BCUT2D eigenvalue weighted by Gasteiger charge is -2.05. The van der Waals surface area contributed by atoms with Crippen molar-refractivity contribution in [1.29, 1.82) is 0 Å². The number of pyridine rings is 1. The zero-order valence-corrected chi connectivity index (χ0v) is 10.4. The number of aryl methyl sites for hydroxylation is 1. The average Bonchev–Trinajstić information content (AvgIpc) is 2.22. The fourth-order valence-corrected chi connectivity index (χ4v) is 1.50. The van der Waals surface area contributed by atoms with E-state index in [-0.39, 0.29) is 22.7 Å². The fraction of sp³-hybridized carbons (Fsp3) is 0.400. The Kier molecular flexibility index (Phi) is 4.67. The van der Waals surface area contributed by atoms with Crippen molar-refractivity contribution in [3.05, 3.63) is 22.2 Å². The van der Waals surface area contributed by atoms with Crippen molar-refractivity contribution < 1.29 is 13.9 Å². The first-order valence-corrected chi connectivity index (χ1v) is 5.60. The van der Waals surface area contributed by atoms with E-state index in [2.05, 4.69) is 20.9 Å². The van der Waals surface area contributed by atoms with Gasteiger partial charge >= 0.3 is 5.97 Å². The third-order valence-corrected chi connectivity index (χ3v) is 2.47. The molecule has 0 bridgehead atoms. The molecule has 0 aliphatic carbocycles. The highest BCUT2D eigenvalue weighted by molar-refractivity contribution is 9.10. The van der Waals surface area contributed by atoms with Gasteiger partial charge in [0.15, 0.2) is 5.82 Å². The largest absolute Gasteiger partial charge is 0.466 e. The molecule has 0 fully saturated rings. The maximum atomic E-state index is 13.0. The Morgan fingerprint density at radius 2 is 2.38 bits per heavy atom. The molecule has 0 radical (unpaired) electrons. The number of hydrogen-bond acceptors (Lipinski definition) is 4. The number of nitrogens with two attached hydrogens (primary N) is 1. The number of carbonyl (C=O) groups is 1. The molecule has 0 unspecified atom stereocenters. The average molecular weight is 291 g/mol. The Balaban J connectivity index is 2.67. The van der Waals surface area contributed by atoms with Crippen LogP contribution in [-0.2, 0) is 16.0 Å². The Morgan fingerprint density at radius 1 is 1.69 bits per heavy atom. The normalized spacial score (nSPS) is 10.2. The number of nitrogens with zero attached hydrogens (tertiary/aromatic N) is 1. The highest BCUT2D eigenvalue weighted by Gasteiger charge is 2.10. The minimum Gasteiger partial charge on any atom is -0.466 e. The number of ether oxygens (including phenoxy) is 1. The monoisotopic (exact) mass is 290 g/mol. The molecule has 0 atom stereocenters. The molecular weight excluding hydrogens is 279 g/mol. The van der Waals surface area contributed by atoms with Gasteiger partial charge in [0, 0.05) is 12.5 Å². The van der Waals surface area contributed by atoms with Gasteiger partial charge in [-0.2, -0.15) is 0 Å². The smallest absolute Gasteiger partial charge is 0.306 e. The molecule has 4 nitrogen and oxygen atoms in total. The first kappa shape index (κ1) is 12.9. The summed E-state index contributed by atoms with van der Waals surface area (Å²) in [5.41, 5.74) is 6.30. The molecule has 1 aromatic heterocycles. The van der Waals surface area contributed by atoms with E-state index < -0.39 is 5.82 Å². The molecule has 0 aromatic carbocycles. The standard InChI is InChI=1S/C10H12BrFN2O2/c1-2-16-9(15)4-3-8-7(13)5-6(12)10(11)14-8/h5H,2-4,13H2,1H3. The summed E-state index contributed by atoms with van der Waals surface area (Å²) in [5, 5.41) is 0. The third-order valence-electron chi connectivity index (χ3n) is 1.92. The predicted molar refractivity (Wildman–Crippen MR) is 61.3 cm³/mol. The predicted octanol–water partition coefficient (Wildman–Crippen LogP) is 2.06. The summed E-state index contributed by atoms with van der Waals surface area (Å²) in [7, 11) is 0. The number of anilines is 1. The van der Waals surface area contributed by atoms with E-state index in [4.69, 9.17) is 10.5 Å². The SMILES string of the molecule is CCOC(=O)CCc1nc(Br)c(F)cc1N. The molecule has 0 saturated carbocycles. The Bertz CT molecular complexity index is 399. The first-order valence-electron chi connectivity index (χ1n) is 4.80. The van der Waals surface area contributed by atoms with Crippen LogP contribution in [0.5, 0.6) is 0 Å². The topological polar surface area (TPSA) is 65.2 Å². The number of halogens is 2. The van der Waals surface area contributed by atoms with E-state index in [1.165, 1.54) is 6.07 Å². The number of hydrogen-bond donors (Lipinski definition) is 1. The van der Waals surface area contributed by atoms with Crippen LogP contribution in [0.3, 0.4) is 0 Å². The van der Waals surface area contributed by atoms with Crippen LogP contribution in [0, 0.1) is 5.82 Å². The van der Waals surface area contributed by atoms with Crippen LogP contribution < -0.4 is 5.73 Å². The minimum atomic E-state index is -0.516.